The molecule has 0 aliphatic heterocycles. The third-order valence-corrected chi connectivity index (χ3v) is 10.2. The molecule has 0 spiro atoms. The van der Waals surface area contributed by atoms with Gasteiger partial charge in [-0.2, -0.15) is 0 Å². The highest BCUT2D eigenvalue weighted by Gasteiger charge is 2.16. The van der Waals surface area contributed by atoms with Gasteiger partial charge in [-0.1, -0.05) is 109 Å². The lowest BCUT2D eigenvalue weighted by atomic mass is 9.99. The Morgan fingerprint density at radius 3 is 2.02 bits per heavy atom. The van der Waals surface area contributed by atoms with Crippen LogP contribution >= 0.6 is 0 Å². The largest absolute Gasteiger partial charge is 0.306 e. The average molecular weight is 677 g/mol. The van der Waals surface area contributed by atoms with Crippen molar-refractivity contribution in [2.45, 2.75) is 0 Å². The van der Waals surface area contributed by atoms with E-state index in [0.29, 0.717) is 0 Å². The number of rotatable bonds is 4. The summed E-state index contributed by atoms with van der Waals surface area (Å²) in [5.74, 6) is 0. The number of hydrogen-bond acceptors (Lipinski definition) is 5. The second-order valence-corrected chi connectivity index (χ2v) is 13.4. The van der Waals surface area contributed by atoms with Gasteiger partial charge in [-0.15, -0.1) is 0 Å². The normalized spacial score (nSPS) is 11.8. The summed E-state index contributed by atoms with van der Waals surface area (Å²) in [4.78, 5) is 25.1. The van der Waals surface area contributed by atoms with Crippen LogP contribution in [0.3, 0.4) is 0 Å². The standard InChI is InChI=1S/C47H28N6/c1-2-7-29(8-3-1)42-28-53-26-24-37-43(47(53)52-42)36-10-4-5-11-41(36)51-44(37)32-14-12-30(13-15-32)38-22-19-34-27-35(20-23-39(34)49-38)40-21-18-33-17-16-31-9-6-25-48-45(31)46(33)50-40/h1-28H. The molecule has 11 aromatic rings. The van der Waals surface area contributed by atoms with Gasteiger partial charge in [0.15, 0.2) is 0 Å². The first kappa shape index (κ1) is 29.4. The van der Waals surface area contributed by atoms with Crippen LogP contribution in [-0.2, 0) is 0 Å². The molecule has 0 bridgehead atoms. The van der Waals surface area contributed by atoms with Crippen molar-refractivity contribution in [2.24, 2.45) is 0 Å². The van der Waals surface area contributed by atoms with Crippen LogP contribution in [0.25, 0.3) is 105 Å². The molecule has 6 aromatic heterocycles. The van der Waals surface area contributed by atoms with Gasteiger partial charge in [-0.25, -0.2) is 19.9 Å². The minimum absolute atomic E-state index is 0.913. The summed E-state index contributed by atoms with van der Waals surface area (Å²) in [6, 6.07) is 52.4. The molecule has 0 fully saturated rings. The van der Waals surface area contributed by atoms with Crippen LogP contribution < -0.4 is 0 Å². The third kappa shape index (κ3) is 4.84. The van der Waals surface area contributed by atoms with E-state index in [9.17, 15) is 0 Å². The van der Waals surface area contributed by atoms with Crippen molar-refractivity contribution in [1.82, 2.24) is 29.3 Å². The highest BCUT2D eigenvalue weighted by molar-refractivity contribution is 6.16. The van der Waals surface area contributed by atoms with Gasteiger partial charge in [-0.05, 0) is 42.5 Å². The number of fused-ring (bicyclic) bond motifs is 9. The van der Waals surface area contributed by atoms with Gasteiger partial charge in [0, 0.05) is 73.2 Å². The Hall–Kier alpha value is -7.31. The smallest absolute Gasteiger partial charge is 0.146 e. The molecule has 0 aliphatic carbocycles. The van der Waals surface area contributed by atoms with Crippen LogP contribution in [0, 0.1) is 0 Å². The summed E-state index contributed by atoms with van der Waals surface area (Å²) in [5.41, 5.74) is 12.6. The molecule has 6 heteroatoms. The summed E-state index contributed by atoms with van der Waals surface area (Å²) in [5, 5.41) is 6.48. The van der Waals surface area contributed by atoms with Gasteiger partial charge >= 0.3 is 0 Å². The molecule has 5 aromatic carbocycles. The summed E-state index contributed by atoms with van der Waals surface area (Å²) in [7, 11) is 0. The van der Waals surface area contributed by atoms with E-state index in [-0.39, 0.29) is 0 Å². The van der Waals surface area contributed by atoms with Crippen LogP contribution in [0.1, 0.15) is 0 Å². The van der Waals surface area contributed by atoms with Gasteiger partial charge < -0.3 is 4.40 Å². The van der Waals surface area contributed by atoms with Crippen molar-refractivity contribution in [3.63, 3.8) is 0 Å². The van der Waals surface area contributed by atoms with Gasteiger partial charge in [0.05, 0.1) is 44.8 Å². The number of imidazole rings is 1. The van der Waals surface area contributed by atoms with Gasteiger partial charge in [0.25, 0.3) is 0 Å². The zero-order chi connectivity index (χ0) is 34.9. The summed E-state index contributed by atoms with van der Waals surface area (Å²) < 4.78 is 2.12. The average Bonchev–Trinajstić information content (AvgIpc) is 3.68. The molecule has 0 unspecified atom stereocenters. The van der Waals surface area contributed by atoms with Gasteiger partial charge in [-0.3, -0.25) is 4.98 Å². The molecule has 11 rings (SSSR count). The maximum Gasteiger partial charge on any atom is 0.146 e. The van der Waals surface area contributed by atoms with E-state index in [0.717, 1.165) is 105 Å². The molecule has 53 heavy (non-hydrogen) atoms. The maximum absolute atomic E-state index is 5.19. The molecular formula is C47H28N6. The zero-order valence-corrected chi connectivity index (χ0v) is 28.3. The fraction of sp³-hybridized carbons (Fsp3) is 0. The van der Waals surface area contributed by atoms with E-state index in [2.05, 4.69) is 143 Å². The van der Waals surface area contributed by atoms with E-state index in [1.165, 1.54) is 0 Å². The molecular weight excluding hydrogens is 649 g/mol. The van der Waals surface area contributed by atoms with Crippen molar-refractivity contribution in [3.8, 4) is 45.0 Å². The summed E-state index contributed by atoms with van der Waals surface area (Å²) in [6.07, 6.45) is 6.01. The SMILES string of the molecule is c1ccc(-c2cn3ccc4c(-c5ccc(-c6ccc7cc(-c8ccc9ccc%10cccnc%10c9n8)ccc7n6)cc5)nc5ccccc5c4c3n2)cc1. The second kappa shape index (κ2) is 11.6. The number of nitrogens with zero attached hydrogens (tertiary/aromatic N) is 6. The van der Waals surface area contributed by atoms with E-state index in [1.54, 1.807) is 0 Å². The lowest BCUT2D eigenvalue weighted by molar-refractivity contribution is 1.20. The topological polar surface area (TPSA) is 68.9 Å². The second-order valence-electron chi connectivity index (χ2n) is 13.4. The van der Waals surface area contributed by atoms with Gasteiger partial charge in [0.2, 0.25) is 0 Å². The number of pyridine rings is 5. The van der Waals surface area contributed by atoms with Crippen molar-refractivity contribution < 1.29 is 0 Å². The fourth-order valence-corrected chi connectivity index (χ4v) is 7.57. The van der Waals surface area contributed by atoms with Crippen LogP contribution in [-0.4, -0.2) is 29.3 Å². The van der Waals surface area contributed by atoms with Crippen molar-refractivity contribution in [3.05, 3.63) is 170 Å². The molecule has 0 saturated carbocycles. The summed E-state index contributed by atoms with van der Waals surface area (Å²) >= 11 is 0. The molecule has 246 valence electrons. The first-order valence-electron chi connectivity index (χ1n) is 17.7. The van der Waals surface area contributed by atoms with Crippen LogP contribution in [0.5, 0.6) is 0 Å². The number of benzene rings is 5. The van der Waals surface area contributed by atoms with Crippen LogP contribution in [0.2, 0.25) is 0 Å². The molecule has 0 aliphatic rings. The fourth-order valence-electron chi connectivity index (χ4n) is 7.57. The predicted octanol–water partition coefficient (Wildman–Crippen LogP) is 11.3. The van der Waals surface area contributed by atoms with E-state index < -0.39 is 0 Å². The molecule has 0 radical (unpaired) electrons. The minimum atomic E-state index is 0.913. The lowest BCUT2D eigenvalue weighted by Gasteiger charge is -2.12. The minimum Gasteiger partial charge on any atom is -0.306 e. The first-order chi connectivity index (χ1) is 26.2. The van der Waals surface area contributed by atoms with E-state index in [4.69, 9.17) is 19.9 Å². The third-order valence-electron chi connectivity index (χ3n) is 10.2. The maximum atomic E-state index is 5.19. The molecule has 0 amide bonds. The molecule has 6 nitrogen and oxygen atoms in total. The zero-order valence-electron chi connectivity index (χ0n) is 28.3. The Morgan fingerprint density at radius 1 is 0.415 bits per heavy atom. The Balaban J connectivity index is 0.957. The number of para-hydroxylation sites is 1. The van der Waals surface area contributed by atoms with E-state index >= 15 is 0 Å². The quantitative estimate of drug-likeness (QED) is 0.174. The predicted molar refractivity (Wildman–Crippen MR) is 216 cm³/mol. The molecule has 0 atom stereocenters. The van der Waals surface area contributed by atoms with Crippen molar-refractivity contribution in [1.29, 1.82) is 0 Å². The van der Waals surface area contributed by atoms with E-state index in [1.807, 2.05) is 36.5 Å². The van der Waals surface area contributed by atoms with Crippen LogP contribution in [0.4, 0.5) is 0 Å². The Morgan fingerprint density at radius 2 is 1.13 bits per heavy atom. The number of hydrogen-bond donors (Lipinski definition) is 0. The van der Waals surface area contributed by atoms with Crippen LogP contribution in [0.15, 0.2) is 170 Å². The lowest BCUT2D eigenvalue weighted by Crippen LogP contribution is -1.93. The number of aromatic nitrogens is 6. The molecule has 6 heterocycles. The Labute approximate surface area is 303 Å². The molecule has 0 N–H and O–H groups in total. The Kier molecular flexibility index (Phi) is 6.45. The summed E-state index contributed by atoms with van der Waals surface area (Å²) in [6.45, 7) is 0. The van der Waals surface area contributed by atoms with Gasteiger partial charge in [0.1, 0.15) is 5.65 Å². The monoisotopic (exact) mass is 676 g/mol. The van der Waals surface area contributed by atoms with Crippen molar-refractivity contribution in [2.75, 3.05) is 0 Å². The highest BCUT2D eigenvalue weighted by atomic mass is 15.0. The molecule has 0 saturated heterocycles. The van der Waals surface area contributed by atoms with Crippen molar-refractivity contribution >= 4 is 60.0 Å². The highest BCUT2D eigenvalue weighted by Crippen LogP contribution is 2.36. The Bertz CT molecular complexity index is 3220. The first-order valence-corrected chi connectivity index (χ1v) is 17.7.